The van der Waals surface area contributed by atoms with Crippen LogP contribution in [0.2, 0.25) is 0 Å². The largest absolute Gasteiger partial charge is 0.119 e. The van der Waals surface area contributed by atoms with Crippen LogP contribution in [0.3, 0.4) is 0 Å². The summed E-state index contributed by atoms with van der Waals surface area (Å²) in [7, 11) is 0. The predicted molar refractivity (Wildman–Crippen MR) is 61.2 cm³/mol. The molecule has 0 nitrogen and oxygen atoms in total. The summed E-state index contributed by atoms with van der Waals surface area (Å²) < 4.78 is 0. The lowest BCUT2D eigenvalue weighted by atomic mass is 9.99. The fourth-order valence-corrected chi connectivity index (χ4v) is 1.57. The molecule has 2 aromatic rings. The molecule has 0 spiro atoms. The van der Waals surface area contributed by atoms with Gasteiger partial charge < -0.3 is 0 Å². The number of hydrogen-bond donors (Lipinski definition) is 0. The van der Waals surface area contributed by atoms with Gasteiger partial charge in [-0.05, 0) is 29.3 Å². The minimum absolute atomic E-state index is 0.194. The van der Waals surface area contributed by atoms with Gasteiger partial charge in [-0.1, -0.05) is 42.3 Å². The first-order valence-electron chi connectivity index (χ1n) is 4.76. The number of terminal acetylenes is 1. The molecule has 0 amide bonds. The van der Waals surface area contributed by atoms with Gasteiger partial charge in [0.1, 0.15) is 0 Å². The molecule has 0 bridgehead atoms. The lowest BCUT2D eigenvalue weighted by molar-refractivity contribution is 1.01. The number of fused-ring (bicyclic) bond motifs is 1. The van der Waals surface area contributed by atoms with E-state index in [-0.39, 0.29) is 5.92 Å². The van der Waals surface area contributed by atoms with Crippen LogP contribution < -0.4 is 0 Å². The second kappa shape index (κ2) is 3.55. The molecule has 0 heteroatoms. The van der Waals surface area contributed by atoms with Gasteiger partial charge in [-0.25, -0.2) is 0 Å². The maximum atomic E-state index is 5.40. The highest BCUT2D eigenvalue weighted by molar-refractivity contribution is 5.83. The van der Waals surface area contributed by atoms with E-state index in [1.807, 2.05) is 19.1 Å². The highest BCUT2D eigenvalue weighted by atomic mass is 14.0. The molecule has 0 aliphatic carbocycles. The van der Waals surface area contributed by atoms with E-state index in [0.717, 1.165) is 0 Å². The SMILES string of the molecule is C#C[C@@H](C)c1ccc2ccccc2c1. The Hall–Kier alpha value is -1.74. The van der Waals surface area contributed by atoms with Crippen molar-refractivity contribution in [1.82, 2.24) is 0 Å². The molecule has 2 aromatic carbocycles. The summed E-state index contributed by atoms with van der Waals surface area (Å²) in [6.07, 6.45) is 5.40. The lowest BCUT2D eigenvalue weighted by Crippen LogP contribution is -1.88. The Bertz CT molecular complexity index is 489. The molecule has 2 rings (SSSR count). The maximum absolute atomic E-state index is 5.40. The van der Waals surface area contributed by atoms with E-state index in [0.29, 0.717) is 0 Å². The van der Waals surface area contributed by atoms with Crippen molar-refractivity contribution in [3.63, 3.8) is 0 Å². The summed E-state index contributed by atoms with van der Waals surface area (Å²) in [5.74, 6) is 2.94. The molecule has 68 valence electrons. The first-order chi connectivity index (χ1) is 6.81. The van der Waals surface area contributed by atoms with Gasteiger partial charge >= 0.3 is 0 Å². The Balaban J connectivity index is 2.58. The first kappa shape index (κ1) is 8.84. The summed E-state index contributed by atoms with van der Waals surface area (Å²) in [5.41, 5.74) is 1.21. The van der Waals surface area contributed by atoms with E-state index in [2.05, 4.69) is 36.3 Å². The van der Waals surface area contributed by atoms with Crippen LogP contribution in [0.15, 0.2) is 42.5 Å². The van der Waals surface area contributed by atoms with Gasteiger partial charge in [0.05, 0.1) is 0 Å². The van der Waals surface area contributed by atoms with Crippen molar-refractivity contribution in [2.24, 2.45) is 0 Å². The van der Waals surface area contributed by atoms with Gasteiger partial charge in [-0.3, -0.25) is 0 Å². The minimum atomic E-state index is 0.194. The topological polar surface area (TPSA) is 0 Å². The van der Waals surface area contributed by atoms with Crippen LogP contribution in [0, 0.1) is 12.3 Å². The average Bonchev–Trinajstić information content (AvgIpc) is 2.27. The zero-order valence-electron chi connectivity index (χ0n) is 8.20. The van der Waals surface area contributed by atoms with Gasteiger partial charge in [0, 0.05) is 5.92 Å². The molecule has 0 aliphatic rings. The second-order valence-corrected chi connectivity index (χ2v) is 3.49. The van der Waals surface area contributed by atoms with Crippen molar-refractivity contribution in [3.8, 4) is 12.3 Å². The van der Waals surface area contributed by atoms with Gasteiger partial charge in [0.25, 0.3) is 0 Å². The molecule has 1 atom stereocenters. The Morgan fingerprint density at radius 3 is 2.50 bits per heavy atom. The van der Waals surface area contributed by atoms with E-state index in [1.54, 1.807) is 0 Å². The number of rotatable bonds is 1. The third-order valence-corrected chi connectivity index (χ3v) is 2.52. The third-order valence-electron chi connectivity index (χ3n) is 2.52. The van der Waals surface area contributed by atoms with Crippen LogP contribution >= 0.6 is 0 Å². The quantitative estimate of drug-likeness (QED) is 0.588. The van der Waals surface area contributed by atoms with Gasteiger partial charge in [0.2, 0.25) is 0 Å². The molecule has 0 radical (unpaired) electrons. The Labute approximate surface area is 84.6 Å². The average molecular weight is 180 g/mol. The molecular formula is C14H12. The van der Waals surface area contributed by atoms with Gasteiger partial charge in [0.15, 0.2) is 0 Å². The standard InChI is InChI=1S/C14H12/c1-3-11(2)13-9-8-12-6-4-5-7-14(12)10-13/h1,4-11H,2H3/t11-/m1/s1. The molecule has 0 unspecified atom stereocenters. The molecule has 0 fully saturated rings. The molecule has 0 saturated carbocycles. The second-order valence-electron chi connectivity index (χ2n) is 3.49. The molecule has 0 aromatic heterocycles. The molecule has 0 heterocycles. The van der Waals surface area contributed by atoms with Crippen molar-refractivity contribution in [2.75, 3.05) is 0 Å². The molecule has 0 aliphatic heterocycles. The zero-order valence-corrected chi connectivity index (χ0v) is 8.20. The minimum Gasteiger partial charge on any atom is -0.119 e. The van der Waals surface area contributed by atoms with Crippen molar-refractivity contribution in [2.45, 2.75) is 12.8 Å². The molecule has 0 N–H and O–H groups in total. The normalized spacial score (nSPS) is 12.3. The van der Waals surface area contributed by atoms with Crippen LogP contribution in [-0.2, 0) is 0 Å². The highest BCUT2D eigenvalue weighted by Crippen LogP contribution is 2.20. The maximum Gasteiger partial charge on any atom is 0.0421 e. The van der Waals surface area contributed by atoms with Gasteiger partial charge in [-0.2, -0.15) is 0 Å². The fourth-order valence-electron chi connectivity index (χ4n) is 1.57. The summed E-state index contributed by atoms with van der Waals surface area (Å²) in [4.78, 5) is 0. The van der Waals surface area contributed by atoms with Crippen molar-refractivity contribution in [3.05, 3.63) is 48.0 Å². The van der Waals surface area contributed by atoms with Crippen LogP contribution in [0.25, 0.3) is 10.8 Å². The Morgan fingerprint density at radius 1 is 1.07 bits per heavy atom. The first-order valence-corrected chi connectivity index (χ1v) is 4.76. The van der Waals surface area contributed by atoms with Crippen molar-refractivity contribution in [1.29, 1.82) is 0 Å². The summed E-state index contributed by atoms with van der Waals surface area (Å²) in [6, 6.07) is 14.7. The highest BCUT2D eigenvalue weighted by Gasteiger charge is 2.01. The van der Waals surface area contributed by atoms with E-state index >= 15 is 0 Å². The predicted octanol–water partition coefficient (Wildman–Crippen LogP) is 3.58. The number of hydrogen-bond acceptors (Lipinski definition) is 0. The zero-order chi connectivity index (χ0) is 9.97. The number of benzene rings is 2. The van der Waals surface area contributed by atoms with Gasteiger partial charge in [-0.15, -0.1) is 6.42 Å². The Morgan fingerprint density at radius 2 is 1.79 bits per heavy atom. The van der Waals surface area contributed by atoms with Crippen molar-refractivity contribution < 1.29 is 0 Å². The van der Waals surface area contributed by atoms with Crippen LogP contribution in [0.5, 0.6) is 0 Å². The van der Waals surface area contributed by atoms with Crippen LogP contribution in [-0.4, -0.2) is 0 Å². The lowest BCUT2D eigenvalue weighted by Gasteiger charge is -2.05. The van der Waals surface area contributed by atoms with E-state index < -0.39 is 0 Å². The van der Waals surface area contributed by atoms with E-state index in [9.17, 15) is 0 Å². The van der Waals surface area contributed by atoms with Crippen molar-refractivity contribution >= 4 is 10.8 Å². The molecule has 0 saturated heterocycles. The molecule has 14 heavy (non-hydrogen) atoms. The third kappa shape index (κ3) is 1.49. The summed E-state index contributed by atoms with van der Waals surface area (Å²) in [5, 5.41) is 2.52. The summed E-state index contributed by atoms with van der Waals surface area (Å²) >= 11 is 0. The van der Waals surface area contributed by atoms with Crippen LogP contribution in [0.1, 0.15) is 18.4 Å². The van der Waals surface area contributed by atoms with E-state index in [4.69, 9.17) is 6.42 Å². The molecular weight excluding hydrogens is 168 g/mol. The van der Waals surface area contributed by atoms with Crippen LogP contribution in [0.4, 0.5) is 0 Å². The van der Waals surface area contributed by atoms with E-state index in [1.165, 1.54) is 16.3 Å². The summed E-state index contributed by atoms with van der Waals surface area (Å²) in [6.45, 7) is 2.05. The smallest absolute Gasteiger partial charge is 0.0421 e. The fraction of sp³-hybridized carbons (Fsp3) is 0.143. The Kier molecular flexibility index (Phi) is 2.24. The monoisotopic (exact) mass is 180 g/mol.